The standard InChI is InChI=1S/C24H48N2O2/c1-7-8-9-10-11-12-13-14-15-16-17-28-22(27)20(2)25-21-18-23(3,4)26-24(5,6)19-21/h20-21,25-26H,7-19H2,1-6H3. The van der Waals surface area contributed by atoms with Gasteiger partial charge in [-0.05, 0) is 53.9 Å². The van der Waals surface area contributed by atoms with E-state index in [1.165, 1.54) is 57.8 Å². The number of rotatable bonds is 14. The van der Waals surface area contributed by atoms with E-state index in [-0.39, 0.29) is 23.1 Å². The van der Waals surface area contributed by atoms with Crippen LogP contribution in [0.4, 0.5) is 0 Å². The summed E-state index contributed by atoms with van der Waals surface area (Å²) in [6.07, 6.45) is 15.0. The Morgan fingerprint density at radius 3 is 1.89 bits per heavy atom. The summed E-state index contributed by atoms with van der Waals surface area (Å²) in [6.45, 7) is 13.7. The molecule has 0 aromatic carbocycles. The van der Waals surface area contributed by atoms with Gasteiger partial charge < -0.3 is 15.4 Å². The zero-order valence-corrected chi connectivity index (χ0v) is 19.7. The second-order valence-corrected chi connectivity index (χ2v) is 10.2. The highest BCUT2D eigenvalue weighted by atomic mass is 16.5. The minimum Gasteiger partial charge on any atom is -0.465 e. The van der Waals surface area contributed by atoms with Crippen molar-refractivity contribution in [1.82, 2.24) is 10.6 Å². The fraction of sp³-hybridized carbons (Fsp3) is 0.958. The fourth-order valence-electron chi connectivity index (χ4n) is 4.75. The fourth-order valence-corrected chi connectivity index (χ4v) is 4.75. The first-order valence-corrected chi connectivity index (χ1v) is 11.9. The smallest absolute Gasteiger partial charge is 0.322 e. The maximum Gasteiger partial charge on any atom is 0.322 e. The molecule has 1 atom stereocenters. The van der Waals surface area contributed by atoms with Gasteiger partial charge in [-0.1, -0.05) is 64.7 Å². The normalized spacial score (nSPS) is 20.1. The molecule has 1 fully saturated rings. The summed E-state index contributed by atoms with van der Waals surface area (Å²) in [4.78, 5) is 12.3. The van der Waals surface area contributed by atoms with Crippen LogP contribution in [0.25, 0.3) is 0 Å². The van der Waals surface area contributed by atoms with E-state index in [9.17, 15) is 4.79 Å². The lowest BCUT2D eigenvalue weighted by atomic mass is 9.79. The van der Waals surface area contributed by atoms with Gasteiger partial charge in [0.05, 0.1) is 6.61 Å². The topological polar surface area (TPSA) is 50.4 Å². The van der Waals surface area contributed by atoms with Crippen LogP contribution in [0.2, 0.25) is 0 Å². The maximum atomic E-state index is 12.3. The van der Waals surface area contributed by atoms with Crippen LogP contribution >= 0.6 is 0 Å². The lowest BCUT2D eigenvalue weighted by molar-refractivity contribution is -0.146. The van der Waals surface area contributed by atoms with Crippen molar-refractivity contribution in [2.45, 2.75) is 142 Å². The van der Waals surface area contributed by atoms with Gasteiger partial charge in [-0.25, -0.2) is 0 Å². The van der Waals surface area contributed by atoms with Crippen molar-refractivity contribution >= 4 is 5.97 Å². The second-order valence-electron chi connectivity index (χ2n) is 10.2. The van der Waals surface area contributed by atoms with Crippen molar-refractivity contribution in [2.24, 2.45) is 0 Å². The number of ether oxygens (including phenoxy) is 1. The Balaban J connectivity index is 2.09. The Kier molecular flexibility index (Phi) is 11.7. The van der Waals surface area contributed by atoms with Crippen molar-refractivity contribution in [3.05, 3.63) is 0 Å². The van der Waals surface area contributed by atoms with Gasteiger partial charge in [-0.2, -0.15) is 0 Å². The zero-order valence-electron chi connectivity index (χ0n) is 19.7. The third-order valence-electron chi connectivity index (χ3n) is 5.77. The summed E-state index contributed by atoms with van der Waals surface area (Å²) < 4.78 is 5.50. The van der Waals surface area contributed by atoms with Gasteiger partial charge >= 0.3 is 5.97 Å². The molecule has 0 aliphatic carbocycles. The van der Waals surface area contributed by atoms with Gasteiger partial charge in [0, 0.05) is 17.1 Å². The summed E-state index contributed by atoms with van der Waals surface area (Å²) in [5.74, 6) is -0.106. The Bertz CT molecular complexity index is 418. The van der Waals surface area contributed by atoms with E-state index >= 15 is 0 Å². The molecule has 2 N–H and O–H groups in total. The van der Waals surface area contributed by atoms with Crippen molar-refractivity contribution in [1.29, 1.82) is 0 Å². The highest BCUT2D eigenvalue weighted by molar-refractivity contribution is 5.75. The molecule has 0 radical (unpaired) electrons. The van der Waals surface area contributed by atoms with Crippen LogP contribution in [0.5, 0.6) is 0 Å². The van der Waals surface area contributed by atoms with E-state index in [1.807, 2.05) is 6.92 Å². The van der Waals surface area contributed by atoms with E-state index < -0.39 is 0 Å². The van der Waals surface area contributed by atoms with Gasteiger partial charge in [0.25, 0.3) is 0 Å². The monoisotopic (exact) mass is 396 g/mol. The number of esters is 1. The summed E-state index contributed by atoms with van der Waals surface area (Å²) in [5.41, 5.74) is 0.165. The number of piperidine rings is 1. The summed E-state index contributed by atoms with van der Waals surface area (Å²) in [7, 11) is 0. The number of carbonyl (C=O) groups is 1. The Labute approximate surface area is 175 Å². The zero-order chi connectivity index (χ0) is 21.0. The summed E-state index contributed by atoms with van der Waals surface area (Å²) in [5, 5.41) is 7.19. The number of nitrogens with one attached hydrogen (secondary N) is 2. The van der Waals surface area contributed by atoms with Crippen molar-refractivity contribution in [3.63, 3.8) is 0 Å². The molecule has 0 saturated carbocycles. The second kappa shape index (κ2) is 12.8. The van der Waals surface area contributed by atoms with Crippen LogP contribution in [-0.4, -0.2) is 35.7 Å². The first-order valence-electron chi connectivity index (χ1n) is 11.9. The van der Waals surface area contributed by atoms with Gasteiger partial charge in [0.1, 0.15) is 6.04 Å². The number of hydrogen-bond acceptors (Lipinski definition) is 4. The van der Waals surface area contributed by atoms with Crippen LogP contribution in [0.1, 0.15) is 119 Å². The molecule has 0 amide bonds. The van der Waals surface area contributed by atoms with Crippen LogP contribution in [0, 0.1) is 0 Å². The molecule has 0 bridgehead atoms. The van der Waals surface area contributed by atoms with Gasteiger partial charge in [-0.15, -0.1) is 0 Å². The maximum absolute atomic E-state index is 12.3. The molecule has 4 heteroatoms. The molecule has 1 rings (SSSR count). The highest BCUT2D eigenvalue weighted by Gasteiger charge is 2.38. The number of unbranched alkanes of at least 4 members (excludes halogenated alkanes) is 9. The predicted molar refractivity (Wildman–Crippen MR) is 120 cm³/mol. The van der Waals surface area contributed by atoms with Gasteiger partial charge in [0.2, 0.25) is 0 Å². The van der Waals surface area contributed by atoms with Crippen LogP contribution < -0.4 is 10.6 Å². The quantitative estimate of drug-likeness (QED) is 0.290. The molecule has 0 aromatic rings. The molecule has 1 heterocycles. The molecule has 0 spiro atoms. The van der Waals surface area contributed by atoms with E-state index in [4.69, 9.17) is 4.74 Å². The third-order valence-corrected chi connectivity index (χ3v) is 5.77. The Hall–Kier alpha value is -0.610. The first kappa shape index (κ1) is 25.4. The number of carbonyl (C=O) groups excluding carboxylic acids is 1. The van der Waals surface area contributed by atoms with E-state index in [2.05, 4.69) is 45.3 Å². The van der Waals surface area contributed by atoms with Crippen LogP contribution in [0.3, 0.4) is 0 Å². The van der Waals surface area contributed by atoms with E-state index in [1.54, 1.807) is 0 Å². The van der Waals surface area contributed by atoms with Crippen LogP contribution in [0.15, 0.2) is 0 Å². The molecule has 1 aliphatic rings. The molecular formula is C24H48N2O2. The Morgan fingerprint density at radius 2 is 1.39 bits per heavy atom. The van der Waals surface area contributed by atoms with Crippen LogP contribution in [-0.2, 0) is 9.53 Å². The largest absolute Gasteiger partial charge is 0.465 e. The van der Waals surface area contributed by atoms with Crippen molar-refractivity contribution < 1.29 is 9.53 Å². The molecule has 1 saturated heterocycles. The summed E-state index contributed by atoms with van der Waals surface area (Å²) >= 11 is 0. The van der Waals surface area contributed by atoms with Crippen molar-refractivity contribution in [2.75, 3.05) is 6.61 Å². The Morgan fingerprint density at radius 1 is 0.929 bits per heavy atom. The molecule has 1 unspecified atom stereocenters. The lowest BCUT2D eigenvalue weighted by Crippen LogP contribution is -2.62. The molecule has 1 aliphatic heterocycles. The third kappa shape index (κ3) is 11.4. The average molecular weight is 397 g/mol. The minimum absolute atomic E-state index is 0.0824. The number of hydrogen-bond donors (Lipinski definition) is 2. The molecule has 28 heavy (non-hydrogen) atoms. The first-order chi connectivity index (χ1) is 13.2. The molecule has 4 nitrogen and oxygen atoms in total. The SMILES string of the molecule is CCCCCCCCCCCCOC(=O)C(C)NC1CC(C)(C)NC(C)(C)C1. The average Bonchev–Trinajstić information content (AvgIpc) is 2.56. The van der Waals surface area contributed by atoms with Gasteiger partial charge in [0.15, 0.2) is 0 Å². The van der Waals surface area contributed by atoms with E-state index in [0.717, 1.165) is 19.3 Å². The van der Waals surface area contributed by atoms with Crippen molar-refractivity contribution in [3.8, 4) is 0 Å². The molecule has 0 aromatic heterocycles. The summed E-state index contributed by atoms with van der Waals surface area (Å²) in [6, 6.07) is 0.101. The minimum atomic E-state index is -0.238. The van der Waals surface area contributed by atoms with E-state index in [0.29, 0.717) is 12.6 Å². The molecular weight excluding hydrogens is 348 g/mol. The lowest BCUT2D eigenvalue weighted by Gasteiger charge is -2.47. The predicted octanol–water partition coefficient (Wildman–Crippen LogP) is 5.74. The molecule has 166 valence electrons. The highest BCUT2D eigenvalue weighted by Crippen LogP contribution is 2.28. The van der Waals surface area contributed by atoms with Gasteiger partial charge in [-0.3, -0.25) is 4.79 Å².